The number of unbranched alkanes of at least 4 members (excludes halogenated alkanes) is 19. The number of esters is 2. The number of nitrogens with two attached hydrogens (primary N) is 1. The summed E-state index contributed by atoms with van der Waals surface area (Å²) in [6, 6.07) is 1.24. The first-order valence-corrected chi connectivity index (χ1v) is 29.7. The summed E-state index contributed by atoms with van der Waals surface area (Å²) in [5.74, 6) is -1.50. The van der Waals surface area contributed by atoms with Crippen LogP contribution in [-0.4, -0.2) is 96.9 Å². The highest BCUT2D eigenvalue weighted by Crippen LogP contribution is 2.60. The van der Waals surface area contributed by atoms with Crippen molar-refractivity contribution >= 4 is 33.4 Å². The number of carbonyl (C=O) groups excluding carboxylic acids is 2. The molecular weight excluding hydrogens is 985 g/mol. The topological polar surface area (TPSA) is 286 Å². The Balaban J connectivity index is 1.84. The van der Waals surface area contributed by atoms with Crippen molar-refractivity contribution in [2.45, 2.75) is 224 Å². The van der Waals surface area contributed by atoms with Crippen molar-refractivity contribution in [2.75, 3.05) is 25.6 Å². The Morgan fingerprint density at radius 3 is 1.88 bits per heavy atom. The van der Waals surface area contributed by atoms with E-state index in [1.165, 1.54) is 83.1 Å². The highest BCUT2D eigenvalue weighted by atomic mass is 31.3. The number of aromatic nitrogens is 2. The number of allylic oxidation sites excluding steroid dienone is 7. The van der Waals surface area contributed by atoms with Crippen molar-refractivity contribution < 1.29 is 71.4 Å². The standard InChI is InChI=1S/C52H89N3O16P2/c1-3-5-7-9-11-13-15-17-18-19-20-22-24-26-28-30-32-36-48(58)69-44(40-66-47(57)37-33-35-43(56)34-31-29-27-25-23-21-16-14-12-10-8-6-4-2)41-67-72(62,63)71-73(64,65)68-42-45-49(59)50(60)51(70-45)55-39-38-46(53)54-52(55)61/h17-18,21,23,27,29,31,34,38-39,43-45,49-51,56,59-60H,3-16,19-20,22,24-26,28,30,32-33,35-37,40-42H2,1-2H3,(H,62,63)(H,64,65)(H2,53,54,61)/b18-17-,23-21+,29-27+,34-31+/t43?,44-,45-,49-,50-,51-/m1/s1. The Kier molecular flexibility index (Phi) is 36.1. The molecule has 1 aliphatic heterocycles. The fourth-order valence-corrected chi connectivity index (χ4v) is 9.90. The lowest BCUT2D eigenvalue weighted by molar-refractivity contribution is -0.161. The van der Waals surface area contributed by atoms with Gasteiger partial charge in [0.2, 0.25) is 0 Å². The SMILES string of the molecule is CCCCCCCC/C=C\CCCCCCCCCC(=O)O[C@H](COC(=O)CCCC(O)/C=C/C=C/C/C=C/CCCCCCCC)COP(=O)(O)OP(=O)(O)OC[C@H]1O[C@@H](n2ccc(N)nc2=O)[C@H](O)[C@@H]1O. The first-order chi connectivity index (χ1) is 35.1. The maximum atomic E-state index is 12.9. The molecule has 2 heterocycles. The Bertz CT molecular complexity index is 1930. The van der Waals surface area contributed by atoms with E-state index in [0.29, 0.717) is 6.42 Å². The van der Waals surface area contributed by atoms with Crippen molar-refractivity contribution in [2.24, 2.45) is 0 Å². The average Bonchev–Trinajstić information content (AvgIpc) is 3.62. The largest absolute Gasteiger partial charge is 0.481 e. The van der Waals surface area contributed by atoms with Gasteiger partial charge in [0.1, 0.15) is 30.7 Å². The fraction of sp³-hybridized carbons (Fsp3) is 0.731. The van der Waals surface area contributed by atoms with Gasteiger partial charge in [0.25, 0.3) is 0 Å². The second-order valence-electron chi connectivity index (χ2n) is 18.6. The van der Waals surface area contributed by atoms with Crippen LogP contribution in [0.5, 0.6) is 0 Å². The van der Waals surface area contributed by atoms with Crippen molar-refractivity contribution in [1.82, 2.24) is 9.55 Å². The van der Waals surface area contributed by atoms with Gasteiger partial charge in [0, 0.05) is 19.0 Å². The molecule has 2 rings (SSSR count). The number of carbonyl (C=O) groups is 2. The summed E-state index contributed by atoms with van der Waals surface area (Å²) in [6.07, 6.45) is 34.9. The Morgan fingerprint density at radius 1 is 0.726 bits per heavy atom. The molecule has 3 unspecified atom stereocenters. The Morgan fingerprint density at radius 2 is 1.27 bits per heavy atom. The first-order valence-electron chi connectivity index (χ1n) is 26.8. The number of hydrogen-bond donors (Lipinski definition) is 6. The van der Waals surface area contributed by atoms with Gasteiger partial charge in [-0.15, -0.1) is 0 Å². The Hall–Kier alpha value is -3.32. The number of nitrogen functional groups attached to an aromatic ring is 1. The minimum absolute atomic E-state index is 0.00544. The van der Waals surface area contributed by atoms with Crippen LogP contribution in [0.2, 0.25) is 0 Å². The van der Waals surface area contributed by atoms with Gasteiger partial charge in [0.15, 0.2) is 12.3 Å². The lowest BCUT2D eigenvalue weighted by Crippen LogP contribution is -2.36. The second kappa shape index (κ2) is 40.0. The van der Waals surface area contributed by atoms with Crippen LogP contribution in [-0.2, 0) is 46.3 Å². The first kappa shape index (κ1) is 65.8. The van der Waals surface area contributed by atoms with E-state index >= 15 is 0 Å². The number of hydrogen-bond acceptors (Lipinski definition) is 16. The summed E-state index contributed by atoms with van der Waals surface area (Å²) in [5, 5.41) is 31.3. The number of phosphoric ester groups is 2. The van der Waals surface area contributed by atoms with E-state index in [-0.39, 0.29) is 31.5 Å². The van der Waals surface area contributed by atoms with E-state index in [1.54, 1.807) is 12.2 Å². The van der Waals surface area contributed by atoms with Gasteiger partial charge < -0.3 is 45.1 Å². The number of nitrogens with zero attached hydrogens (tertiary/aromatic N) is 2. The molecule has 0 aromatic carbocycles. The number of rotatable bonds is 44. The van der Waals surface area contributed by atoms with Gasteiger partial charge in [-0.2, -0.15) is 9.29 Å². The number of anilines is 1. The second-order valence-corrected chi connectivity index (χ2v) is 21.6. The van der Waals surface area contributed by atoms with E-state index in [2.05, 4.69) is 47.4 Å². The van der Waals surface area contributed by atoms with Crippen molar-refractivity contribution in [3.05, 3.63) is 71.4 Å². The predicted molar refractivity (Wildman–Crippen MR) is 281 cm³/mol. The molecule has 7 N–H and O–H groups in total. The third-order valence-corrected chi connectivity index (χ3v) is 14.6. The molecule has 73 heavy (non-hydrogen) atoms. The maximum Gasteiger partial charge on any atom is 0.481 e. The highest BCUT2D eigenvalue weighted by molar-refractivity contribution is 7.61. The van der Waals surface area contributed by atoms with E-state index < -0.39 is 89.8 Å². The fourth-order valence-electron chi connectivity index (χ4n) is 7.79. The minimum atomic E-state index is -5.46. The lowest BCUT2D eigenvalue weighted by atomic mass is 10.1. The van der Waals surface area contributed by atoms with Gasteiger partial charge in [-0.3, -0.25) is 23.2 Å². The van der Waals surface area contributed by atoms with Gasteiger partial charge in [-0.1, -0.05) is 159 Å². The van der Waals surface area contributed by atoms with Crippen LogP contribution < -0.4 is 11.4 Å². The monoisotopic (exact) mass is 1070 g/mol. The summed E-state index contributed by atoms with van der Waals surface area (Å²) >= 11 is 0. The molecule has 1 saturated heterocycles. The molecule has 0 radical (unpaired) electrons. The van der Waals surface area contributed by atoms with Crippen LogP contribution in [0.1, 0.15) is 193 Å². The molecule has 0 spiro atoms. The van der Waals surface area contributed by atoms with E-state index in [0.717, 1.165) is 75.0 Å². The number of ether oxygens (including phenoxy) is 3. The van der Waals surface area contributed by atoms with Crippen LogP contribution in [0, 0.1) is 0 Å². The molecule has 418 valence electrons. The van der Waals surface area contributed by atoms with Gasteiger partial charge in [-0.25, -0.2) is 13.9 Å². The van der Waals surface area contributed by atoms with Crippen molar-refractivity contribution in [3.8, 4) is 0 Å². The maximum absolute atomic E-state index is 12.9. The normalized spacial score (nSPS) is 19.8. The van der Waals surface area contributed by atoms with Gasteiger partial charge >= 0.3 is 33.3 Å². The number of aliphatic hydroxyl groups excluding tert-OH is 3. The van der Waals surface area contributed by atoms with Crippen LogP contribution in [0.15, 0.2) is 65.7 Å². The molecule has 0 amide bonds. The zero-order chi connectivity index (χ0) is 53.6. The van der Waals surface area contributed by atoms with Crippen LogP contribution >= 0.6 is 15.6 Å². The third-order valence-electron chi connectivity index (χ3n) is 12.0. The van der Waals surface area contributed by atoms with E-state index in [4.69, 9.17) is 29.0 Å². The number of phosphoric acid groups is 2. The predicted octanol–water partition coefficient (Wildman–Crippen LogP) is 10.3. The Labute approximate surface area is 433 Å². The van der Waals surface area contributed by atoms with E-state index in [1.807, 2.05) is 12.2 Å². The molecule has 0 aliphatic carbocycles. The lowest BCUT2D eigenvalue weighted by Gasteiger charge is -2.21. The molecule has 0 saturated carbocycles. The van der Waals surface area contributed by atoms with E-state index in [9.17, 15) is 48.6 Å². The van der Waals surface area contributed by atoms with Crippen LogP contribution in [0.4, 0.5) is 5.82 Å². The molecule has 0 bridgehead atoms. The summed E-state index contributed by atoms with van der Waals surface area (Å²) in [6.45, 7) is 1.97. The smallest absolute Gasteiger partial charge is 0.462 e. The summed E-state index contributed by atoms with van der Waals surface area (Å²) in [4.78, 5) is 62.0. The van der Waals surface area contributed by atoms with Crippen molar-refractivity contribution in [1.29, 1.82) is 0 Å². The molecule has 1 aliphatic rings. The zero-order valence-electron chi connectivity index (χ0n) is 43.5. The molecule has 21 heteroatoms. The van der Waals surface area contributed by atoms with Crippen LogP contribution in [0.25, 0.3) is 0 Å². The zero-order valence-corrected chi connectivity index (χ0v) is 45.3. The number of aliphatic hydroxyl groups is 3. The van der Waals surface area contributed by atoms with Gasteiger partial charge in [0.05, 0.1) is 19.3 Å². The molecule has 19 nitrogen and oxygen atoms in total. The summed E-state index contributed by atoms with van der Waals surface area (Å²) < 4.78 is 56.7. The third kappa shape index (κ3) is 32.7. The quantitative estimate of drug-likeness (QED) is 0.0116. The molecule has 1 fully saturated rings. The molecular formula is C52H89N3O16P2. The average molecular weight is 1070 g/mol. The molecule has 8 atom stereocenters. The highest BCUT2D eigenvalue weighted by Gasteiger charge is 2.46. The molecule has 1 aromatic rings. The van der Waals surface area contributed by atoms with Crippen LogP contribution in [0.3, 0.4) is 0 Å². The summed E-state index contributed by atoms with van der Waals surface area (Å²) in [5.41, 5.74) is 4.58. The van der Waals surface area contributed by atoms with Gasteiger partial charge in [-0.05, 0) is 70.3 Å². The minimum Gasteiger partial charge on any atom is -0.462 e. The van der Waals surface area contributed by atoms with Crippen molar-refractivity contribution in [3.63, 3.8) is 0 Å². The molecule has 1 aromatic heterocycles. The summed E-state index contributed by atoms with van der Waals surface area (Å²) in [7, 11) is -10.9.